The van der Waals surface area contributed by atoms with Gasteiger partial charge in [0.2, 0.25) is 10.0 Å². The van der Waals surface area contributed by atoms with Crippen LogP contribution in [-0.2, 0) is 46.0 Å². The number of esters is 1. The smallest absolute Gasteiger partial charge is 0.306 e. The van der Waals surface area contributed by atoms with E-state index in [4.69, 9.17) is 21.1 Å². The summed E-state index contributed by atoms with van der Waals surface area (Å²) in [6.07, 6.45) is 3.20. The largest absolute Gasteiger partial charge is 0.486 e. The zero-order valence-electron chi connectivity index (χ0n) is 25.5. The first kappa shape index (κ1) is 30.6. The first-order chi connectivity index (χ1) is 21.1. The molecule has 0 unspecified atom stereocenters. The molecule has 0 spiro atoms. The fourth-order valence-electron chi connectivity index (χ4n) is 6.61. The third kappa shape index (κ3) is 5.48. The minimum Gasteiger partial charge on any atom is -0.486 e. The molecular weight excluding hydrogens is 600 g/mol. The monoisotopic (exact) mass is 636 g/mol. The molecule has 6 rings (SSSR count). The molecular formula is C33H37ClN4O5S. The molecule has 1 aromatic heterocycles. The molecule has 0 bridgehead atoms. The zero-order valence-corrected chi connectivity index (χ0v) is 27.0. The van der Waals surface area contributed by atoms with E-state index in [-0.39, 0.29) is 53.2 Å². The van der Waals surface area contributed by atoms with Crippen LogP contribution in [0.5, 0.6) is 5.75 Å². The number of fused-ring (bicyclic) bond motifs is 3. The van der Waals surface area contributed by atoms with Crippen LogP contribution in [0.3, 0.4) is 0 Å². The number of hydrogen-bond acceptors (Lipinski definition) is 7. The molecule has 0 amide bonds. The molecule has 44 heavy (non-hydrogen) atoms. The van der Waals surface area contributed by atoms with Crippen LogP contribution in [0.25, 0.3) is 11.0 Å². The maximum atomic E-state index is 14.1. The number of aryl methyl sites for hydroxylation is 3. The summed E-state index contributed by atoms with van der Waals surface area (Å²) in [4.78, 5) is 13.1. The highest BCUT2D eigenvalue weighted by Crippen LogP contribution is 2.40. The molecule has 232 valence electrons. The van der Waals surface area contributed by atoms with E-state index in [0.717, 1.165) is 52.5 Å². The maximum absolute atomic E-state index is 14.1. The van der Waals surface area contributed by atoms with Crippen LogP contribution in [-0.4, -0.2) is 52.9 Å². The second kappa shape index (κ2) is 12.1. The van der Waals surface area contributed by atoms with Gasteiger partial charge in [-0.1, -0.05) is 48.0 Å². The van der Waals surface area contributed by atoms with E-state index in [1.54, 1.807) is 29.8 Å². The summed E-state index contributed by atoms with van der Waals surface area (Å²) in [5.41, 5.74) is 7.92. The van der Waals surface area contributed by atoms with Gasteiger partial charge in [-0.25, -0.2) is 13.1 Å². The number of halogens is 1. The van der Waals surface area contributed by atoms with Crippen LogP contribution in [0, 0.1) is 6.92 Å². The molecule has 2 aliphatic rings. The van der Waals surface area contributed by atoms with Crippen molar-refractivity contribution in [3.63, 3.8) is 0 Å². The lowest BCUT2D eigenvalue weighted by Gasteiger charge is -2.26. The third-order valence-electron chi connectivity index (χ3n) is 8.91. The van der Waals surface area contributed by atoms with E-state index in [2.05, 4.69) is 22.4 Å². The second-order valence-corrected chi connectivity index (χ2v) is 13.9. The van der Waals surface area contributed by atoms with Crippen LogP contribution in [0.1, 0.15) is 72.4 Å². The summed E-state index contributed by atoms with van der Waals surface area (Å²) < 4.78 is 43.0. The third-order valence-corrected chi connectivity index (χ3v) is 11.0. The van der Waals surface area contributed by atoms with E-state index in [1.807, 2.05) is 33.0 Å². The van der Waals surface area contributed by atoms with E-state index >= 15 is 0 Å². The summed E-state index contributed by atoms with van der Waals surface area (Å²) in [7, 11) is -2.05. The van der Waals surface area contributed by atoms with Gasteiger partial charge in [-0.15, -0.1) is 5.10 Å². The number of nitrogens with zero attached hydrogens (tertiary/aromatic N) is 4. The average Bonchev–Trinajstić information content (AvgIpc) is 3.61. The summed E-state index contributed by atoms with van der Waals surface area (Å²) >= 11 is 6.42. The average molecular weight is 637 g/mol. The molecule has 0 fully saturated rings. The van der Waals surface area contributed by atoms with E-state index < -0.39 is 10.0 Å². The topological polar surface area (TPSA) is 104 Å². The minimum absolute atomic E-state index is 0.0850. The standard InChI is InChI=1S/C33H37ClN4O5S/c1-5-24-19-38(44(40,41)30-12-8-11-28(34)33(30)43-24)18-23-16-22(15-21-9-7-10-26(21)23)27(17-31(39)42-6-2)25-13-14-29-32(20(25)3)35-36-37(29)4/h8,11-16,24,27H,5-7,9-10,17-19H2,1-4H3/t24-,27-/m1/s1. The Morgan fingerprint density at radius 2 is 2.00 bits per heavy atom. The SMILES string of the molecule is CCOC(=O)C[C@H](c1cc2c(c(CN3C[C@@H](CC)Oc4c(Cl)cccc4S3(=O)=O)c1)CCC2)c1ccc2c(nnn2C)c1C. The van der Waals surface area contributed by atoms with Crippen molar-refractivity contribution in [2.24, 2.45) is 7.05 Å². The Kier molecular flexibility index (Phi) is 8.43. The van der Waals surface area contributed by atoms with Crippen LogP contribution in [0.15, 0.2) is 47.4 Å². The molecule has 3 aromatic carbocycles. The van der Waals surface area contributed by atoms with Crippen molar-refractivity contribution in [3.8, 4) is 5.75 Å². The molecule has 11 heteroatoms. The van der Waals surface area contributed by atoms with E-state index in [1.165, 1.54) is 15.4 Å². The minimum atomic E-state index is -3.91. The molecule has 0 saturated carbocycles. The molecule has 1 aliphatic carbocycles. The van der Waals surface area contributed by atoms with Crippen molar-refractivity contribution in [1.29, 1.82) is 0 Å². The lowest BCUT2D eigenvalue weighted by molar-refractivity contribution is -0.143. The van der Waals surface area contributed by atoms with Crippen molar-refractivity contribution in [1.82, 2.24) is 19.3 Å². The zero-order chi connectivity index (χ0) is 31.2. The lowest BCUT2D eigenvalue weighted by Crippen LogP contribution is -2.36. The van der Waals surface area contributed by atoms with Gasteiger partial charge in [0.1, 0.15) is 16.5 Å². The predicted molar refractivity (Wildman–Crippen MR) is 169 cm³/mol. The van der Waals surface area contributed by atoms with Crippen molar-refractivity contribution in [2.45, 2.75) is 76.3 Å². The van der Waals surface area contributed by atoms with Crippen LogP contribution in [0.2, 0.25) is 5.02 Å². The molecule has 9 nitrogen and oxygen atoms in total. The van der Waals surface area contributed by atoms with Crippen molar-refractivity contribution in [3.05, 3.63) is 80.9 Å². The van der Waals surface area contributed by atoms with Gasteiger partial charge < -0.3 is 9.47 Å². The Labute approximate surface area is 263 Å². The van der Waals surface area contributed by atoms with E-state index in [0.29, 0.717) is 13.0 Å². The number of ether oxygens (including phenoxy) is 2. The molecule has 0 N–H and O–H groups in total. The Morgan fingerprint density at radius 3 is 2.77 bits per heavy atom. The molecule has 2 heterocycles. The molecule has 0 saturated heterocycles. The van der Waals surface area contributed by atoms with Crippen molar-refractivity contribution in [2.75, 3.05) is 13.2 Å². The quantitative estimate of drug-likeness (QED) is 0.223. The highest BCUT2D eigenvalue weighted by Gasteiger charge is 2.36. The number of carbonyl (C=O) groups is 1. The molecule has 0 radical (unpaired) electrons. The highest BCUT2D eigenvalue weighted by atomic mass is 35.5. The Hall–Kier alpha value is -3.47. The Bertz CT molecular complexity index is 1850. The number of carbonyl (C=O) groups excluding carboxylic acids is 1. The van der Waals surface area contributed by atoms with Gasteiger partial charge in [-0.2, -0.15) is 4.31 Å². The normalized spacial score (nSPS) is 18.3. The maximum Gasteiger partial charge on any atom is 0.306 e. The summed E-state index contributed by atoms with van der Waals surface area (Å²) in [6, 6.07) is 13.2. The van der Waals surface area contributed by atoms with Gasteiger partial charge >= 0.3 is 5.97 Å². The van der Waals surface area contributed by atoms with Gasteiger partial charge in [0, 0.05) is 19.5 Å². The summed E-state index contributed by atoms with van der Waals surface area (Å²) in [5.74, 6) is -0.381. The number of hydrogen-bond donors (Lipinski definition) is 0. The number of aromatic nitrogens is 3. The van der Waals surface area contributed by atoms with Crippen LogP contribution < -0.4 is 4.74 Å². The highest BCUT2D eigenvalue weighted by molar-refractivity contribution is 7.89. The fraction of sp³-hybridized carbons (Fsp3) is 0.424. The summed E-state index contributed by atoms with van der Waals surface area (Å²) in [6.45, 7) is 6.48. The van der Waals surface area contributed by atoms with Crippen molar-refractivity contribution < 1.29 is 22.7 Å². The Morgan fingerprint density at radius 1 is 1.18 bits per heavy atom. The summed E-state index contributed by atoms with van der Waals surface area (Å²) in [5, 5.41) is 8.87. The predicted octanol–water partition coefficient (Wildman–Crippen LogP) is 5.87. The lowest BCUT2D eigenvalue weighted by atomic mass is 9.83. The first-order valence-electron chi connectivity index (χ1n) is 15.2. The van der Waals surface area contributed by atoms with E-state index in [9.17, 15) is 13.2 Å². The second-order valence-electron chi connectivity index (χ2n) is 11.6. The van der Waals surface area contributed by atoms with Gasteiger partial charge in [0.05, 0.1) is 30.1 Å². The first-order valence-corrected chi connectivity index (χ1v) is 17.0. The van der Waals surface area contributed by atoms with Crippen molar-refractivity contribution >= 4 is 38.6 Å². The number of para-hydroxylation sites is 1. The molecule has 4 aromatic rings. The van der Waals surface area contributed by atoms with Crippen LogP contribution in [0.4, 0.5) is 0 Å². The van der Waals surface area contributed by atoms with Gasteiger partial charge in [-0.3, -0.25) is 4.79 Å². The molecule has 1 aliphatic heterocycles. The number of rotatable bonds is 8. The van der Waals surface area contributed by atoms with Gasteiger partial charge in [0.25, 0.3) is 0 Å². The number of sulfonamides is 1. The molecule has 2 atom stereocenters. The fourth-order valence-corrected chi connectivity index (χ4v) is 8.48. The number of benzene rings is 3. The van der Waals surface area contributed by atoms with Gasteiger partial charge in [-0.05, 0) is 91.1 Å². The van der Waals surface area contributed by atoms with Crippen LogP contribution >= 0.6 is 11.6 Å². The Balaban J connectivity index is 1.46. The van der Waals surface area contributed by atoms with Gasteiger partial charge in [0.15, 0.2) is 5.75 Å².